The first-order valence-electron chi connectivity index (χ1n) is 10.4. The van der Waals surface area contributed by atoms with Gasteiger partial charge in [-0.1, -0.05) is 0 Å². The van der Waals surface area contributed by atoms with Gasteiger partial charge in [0.1, 0.15) is 11.6 Å². The molecule has 4 heterocycles. The lowest BCUT2D eigenvalue weighted by Crippen LogP contribution is -2.44. The molecule has 1 fully saturated rings. The molecule has 2 bridgehead atoms. The van der Waals surface area contributed by atoms with Crippen LogP contribution in [0.3, 0.4) is 0 Å². The molecule has 5 rings (SSSR count). The van der Waals surface area contributed by atoms with Crippen LogP contribution in [0.2, 0.25) is 0 Å². The van der Waals surface area contributed by atoms with Crippen molar-refractivity contribution in [2.75, 3.05) is 5.32 Å². The number of carbonyl (C=O) groups is 1. The minimum Gasteiger partial charge on any atom is -0.329 e. The molecule has 2 aliphatic rings. The van der Waals surface area contributed by atoms with Crippen molar-refractivity contribution in [3.8, 4) is 11.1 Å². The molecule has 1 aromatic carbocycles. The molecule has 11 heteroatoms. The molecule has 2 aromatic heterocycles. The number of carbonyl (C=O) groups excluding carboxylic acids is 1. The fourth-order valence-corrected chi connectivity index (χ4v) is 4.84. The zero-order chi connectivity index (χ0) is 24.2. The lowest BCUT2D eigenvalue weighted by Gasteiger charge is -2.36. The summed E-state index contributed by atoms with van der Waals surface area (Å²) in [5.41, 5.74) is -1.14. The van der Waals surface area contributed by atoms with Gasteiger partial charge < -0.3 is 15.2 Å². The van der Waals surface area contributed by atoms with Gasteiger partial charge in [-0.15, -0.1) is 0 Å². The van der Waals surface area contributed by atoms with Gasteiger partial charge in [0, 0.05) is 30.1 Å². The normalized spacial score (nSPS) is 19.1. The molecule has 34 heavy (non-hydrogen) atoms. The first-order valence-corrected chi connectivity index (χ1v) is 10.4. The number of nitrogens with one attached hydrogen (secondary N) is 2. The van der Waals surface area contributed by atoms with E-state index in [9.17, 15) is 31.5 Å². The van der Waals surface area contributed by atoms with E-state index < -0.39 is 40.7 Å². The largest absolute Gasteiger partial charge is 0.417 e. The number of amides is 2. The van der Waals surface area contributed by atoms with E-state index in [0.717, 1.165) is 35.7 Å². The van der Waals surface area contributed by atoms with Gasteiger partial charge in [-0.2, -0.15) is 13.2 Å². The molecule has 6 nitrogen and oxygen atoms in total. The number of nitrogens with zero attached hydrogens (tertiary/aromatic N) is 2. The monoisotopic (exact) mass is 476 g/mol. The smallest absolute Gasteiger partial charge is 0.329 e. The topological polar surface area (TPSA) is 78.1 Å². The van der Waals surface area contributed by atoms with Crippen molar-refractivity contribution in [1.29, 1.82) is 0 Å². The molecule has 1 saturated heterocycles. The number of pyridine rings is 2. The Kier molecular flexibility index (Phi) is 5.14. The van der Waals surface area contributed by atoms with E-state index in [-0.39, 0.29) is 29.3 Å². The fraction of sp³-hybridized carbons (Fsp3) is 0.261. The second-order valence-electron chi connectivity index (χ2n) is 8.33. The number of hydrogen-bond donors (Lipinski definition) is 2. The third-order valence-electron chi connectivity index (χ3n) is 6.27. The van der Waals surface area contributed by atoms with E-state index in [1.165, 1.54) is 11.0 Å². The van der Waals surface area contributed by atoms with Gasteiger partial charge in [0.25, 0.3) is 0 Å². The standard InChI is InChI=1S/C23H17F5N4O2/c24-13-3-12(8-29-9-13)15-6-19(18(25)7-17(15)23(26,27)28)31-22(34)32-14-1-2-20(32)16-10-30-21(33)5-11(16)4-14/h3,5-10,14,20H,1-2,4H2,(H,30,33)(H,31,34)/t14-,20+/m0/s1. The predicted octanol–water partition coefficient (Wildman–Crippen LogP) is 5.03. The Morgan fingerprint density at radius 1 is 1.12 bits per heavy atom. The number of hydrogen-bond acceptors (Lipinski definition) is 3. The van der Waals surface area contributed by atoms with E-state index in [0.29, 0.717) is 19.3 Å². The summed E-state index contributed by atoms with van der Waals surface area (Å²) in [5.74, 6) is -2.13. The number of fused-ring (bicyclic) bond motifs is 4. The summed E-state index contributed by atoms with van der Waals surface area (Å²) >= 11 is 0. The highest BCUT2D eigenvalue weighted by Gasteiger charge is 2.43. The summed E-state index contributed by atoms with van der Waals surface area (Å²) in [7, 11) is 0. The summed E-state index contributed by atoms with van der Waals surface area (Å²) in [6.07, 6.45) is 0.234. The maximum Gasteiger partial charge on any atom is 0.417 e. The number of rotatable bonds is 2. The van der Waals surface area contributed by atoms with Crippen molar-refractivity contribution >= 4 is 11.7 Å². The number of aromatic nitrogens is 2. The third kappa shape index (κ3) is 3.80. The molecular weight excluding hydrogens is 459 g/mol. The van der Waals surface area contributed by atoms with Crippen LogP contribution in [0.4, 0.5) is 32.4 Å². The van der Waals surface area contributed by atoms with E-state index in [1.54, 1.807) is 6.20 Å². The first kappa shape index (κ1) is 22.1. The maximum absolute atomic E-state index is 14.7. The van der Waals surface area contributed by atoms with Gasteiger partial charge in [-0.25, -0.2) is 13.6 Å². The minimum atomic E-state index is -4.92. The van der Waals surface area contributed by atoms with Gasteiger partial charge in [-0.05, 0) is 54.2 Å². The maximum atomic E-state index is 14.7. The second kappa shape index (κ2) is 7.93. The van der Waals surface area contributed by atoms with Crippen LogP contribution in [0.1, 0.15) is 35.6 Å². The third-order valence-corrected chi connectivity index (χ3v) is 6.27. The fourth-order valence-electron chi connectivity index (χ4n) is 4.84. The summed E-state index contributed by atoms with van der Waals surface area (Å²) in [6, 6.07) is 2.20. The van der Waals surface area contributed by atoms with Gasteiger partial charge in [-0.3, -0.25) is 9.78 Å². The number of alkyl halides is 3. The van der Waals surface area contributed by atoms with Crippen molar-refractivity contribution in [2.24, 2.45) is 0 Å². The van der Waals surface area contributed by atoms with Crippen LogP contribution in [0, 0.1) is 11.6 Å². The molecule has 0 saturated carbocycles. The molecular formula is C23H17F5N4O2. The minimum absolute atomic E-state index is 0.209. The van der Waals surface area contributed by atoms with Gasteiger partial charge in [0.05, 0.1) is 23.5 Å². The molecule has 176 valence electrons. The van der Waals surface area contributed by atoms with Gasteiger partial charge in [0.15, 0.2) is 0 Å². The van der Waals surface area contributed by atoms with Crippen LogP contribution in [0.15, 0.2) is 47.7 Å². The Bertz CT molecular complexity index is 1350. The van der Waals surface area contributed by atoms with E-state index >= 15 is 0 Å². The van der Waals surface area contributed by atoms with Gasteiger partial charge >= 0.3 is 12.2 Å². The second-order valence-corrected chi connectivity index (χ2v) is 8.33. The number of anilines is 1. The molecule has 0 aliphatic carbocycles. The lowest BCUT2D eigenvalue weighted by atomic mass is 9.95. The van der Waals surface area contributed by atoms with Crippen molar-refractivity contribution in [3.05, 3.63) is 81.5 Å². The lowest BCUT2D eigenvalue weighted by molar-refractivity contribution is -0.137. The van der Waals surface area contributed by atoms with Crippen LogP contribution in [-0.4, -0.2) is 26.9 Å². The van der Waals surface area contributed by atoms with Crippen molar-refractivity contribution < 1.29 is 26.7 Å². The Labute approximate surface area is 189 Å². The zero-order valence-corrected chi connectivity index (χ0v) is 17.4. The Hall–Kier alpha value is -3.76. The average molecular weight is 476 g/mol. The highest BCUT2D eigenvalue weighted by molar-refractivity contribution is 5.91. The Morgan fingerprint density at radius 2 is 1.91 bits per heavy atom. The average Bonchev–Trinajstić information content (AvgIpc) is 3.09. The number of H-pyrrole nitrogens is 1. The molecule has 2 amide bonds. The summed E-state index contributed by atoms with van der Waals surface area (Å²) in [5, 5.41) is 2.38. The molecule has 0 unspecified atom stereocenters. The molecule has 2 atom stereocenters. The Balaban J connectivity index is 1.50. The van der Waals surface area contributed by atoms with E-state index in [4.69, 9.17) is 0 Å². The van der Waals surface area contributed by atoms with Crippen LogP contribution in [-0.2, 0) is 12.6 Å². The van der Waals surface area contributed by atoms with Crippen LogP contribution in [0.25, 0.3) is 11.1 Å². The van der Waals surface area contributed by atoms with Crippen LogP contribution in [0.5, 0.6) is 0 Å². The number of benzene rings is 1. The van der Waals surface area contributed by atoms with E-state index in [2.05, 4.69) is 15.3 Å². The van der Waals surface area contributed by atoms with Crippen LogP contribution >= 0.6 is 0 Å². The quantitative estimate of drug-likeness (QED) is 0.510. The van der Waals surface area contributed by atoms with Crippen molar-refractivity contribution in [3.63, 3.8) is 0 Å². The highest BCUT2D eigenvalue weighted by atomic mass is 19.4. The predicted molar refractivity (Wildman–Crippen MR) is 112 cm³/mol. The zero-order valence-electron chi connectivity index (χ0n) is 17.4. The summed E-state index contributed by atoms with van der Waals surface area (Å²) < 4.78 is 69.1. The SMILES string of the molecule is O=C(Nc1cc(-c2cncc(F)c2)c(C(F)(F)F)cc1F)N1[C@H]2CC[C@@H]1c1c[nH]c(=O)cc1C2. The molecule has 2 aliphatic heterocycles. The summed E-state index contributed by atoms with van der Waals surface area (Å²) in [6.45, 7) is 0. The summed E-state index contributed by atoms with van der Waals surface area (Å²) in [4.78, 5) is 32.5. The van der Waals surface area contributed by atoms with Crippen molar-refractivity contribution in [1.82, 2.24) is 14.9 Å². The van der Waals surface area contributed by atoms with Gasteiger partial charge in [0.2, 0.25) is 5.56 Å². The molecule has 2 N–H and O–H groups in total. The number of aromatic amines is 1. The number of halogens is 5. The first-order chi connectivity index (χ1) is 16.1. The highest BCUT2D eigenvalue weighted by Crippen LogP contribution is 2.44. The van der Waals surface area contributed by atoms with Crippen molar-refractivity contribution in [2.45, 2.75) is 37.5 Å². The van der Waals surface area contributed by atoms with Crippen LogP contribution < -0.4 is 10.9 Å². The molecule has 0 spiro atoms. The number of urea groups is 1. The molecule has 3 aromatic rings. The Morgan fingerprint density at radius 3 is 2.65 bits per heavy atom. The molecule has 0 radical (unpaired) electrons. The van der Waals surface area contributed by atoms with E-state index in [1.807, 2.05) is 0 Å².